The molecular formula is C9H16ClNO2. The normalized spacial score (nSPS) is 22.3. The average Bonchev–Trinajstić information content (AvgIpc) is 2.62. The molecule has 1 amide bonds. The Hall–Kier alpha value is -0.280. The lowest BCUT2D eigenvalue weighted by Crippen LogP contribution is -2.29. The van der Waals surface area contributed by atoms with E-state index in [2.05, 4.69) is 0 Å². The van der Waals surface area contributed by atoms with Crippen molar-refractivity contribution in [2.45, 2.75) is 25.4 Å². The van der Waals surface area contributed by atoms with Crippen LogP contribution in [0.1, 0.15) is 19.3 Å². The summed E-state index contributed by atoms with van der Waals surface area (Å²) in [6, 6.07) is 0. The number of methoxy groups -OCH3 is 1. The Morgan fingerprint density at radius 3 is 3.00 bits per heavy atom. The number of carbonyl (C=O) groups excluding carboxylic acids is 1. The summed E-state index contributed by atoms with van der Waals surface area (Å²) in [6.07, 6.45) is 2.54. The van der Waals surface area contributed by atoms with Gasteiger partial charge >= 0.3 is 0 Å². The van der Waals surface area contributed by atoms with E-state index in [0.717, 1.165) is 25.9 Å². The van der Waals surface area contributed by atoms with Crippen LogP contribution in [-0.2, 0) is 9.53 Å². The molecule has 76 valence electrons. The van der Waals surface area contributed by atoms with Gasteiger partial charge in [0, 0.05) is 32.5 Å². The van der Waals surface area contributed by atoms with Gasteiger partial charge in [0.15, 0.2) is 0 Å². The Morgan fingerprint density at radius 1 is 1.69 bits per heavy atom. The van der Waals surface area contributed by atoms with Crippen LogP contribution in [-0.4, -0.2) is 43.0 Å². The topological polar surface area (TPSA) is 29.5 Å². The fourth-order valence-corrected chi connectivity index (χ4v) is 1.66. The van der Waals surface area contributed by atoms with Crippen molar-refractivity contribution >= 4 is 17.5 Å². The minimum Gasteiger partial charge on any atom is -0.380 e. The molecule has 0 aromatic rings. The number of halogens is 1. The van der Waals surface area contributed by atoms with Gasteiger partial charge in [0.25, 0.3) is 0 Å². The Kier molecular flexibility index (Phi) is 4.53. The molecule has 1 fully saturated rings. The third-order valence-electron chi connectivity index (χ3n) is 2.36. The number of amides is 1. The molecule has 4 heteroatoms. The van der Waals surface area contributed by atoms with Crippen LogP contribution in [0.15, 0.2) is 0 Å². The van der Waals surface area contributed by atoms with Gasteiger partial charge in [-0.2, -0.15) is 0 Å². The molecule has 0 saturated carbocycles. The highest BCUT2D eigenvalue weighted by molar-refractivity contribution is 6.17. The van der Waals surface area contributed by atoms with Gasteiger partial charge in [-0.25, -0.2) is 0 Å². The molecule has 1 unspecified atom stereocenters. The first-order valence-corrected chi connectivity index (χ1v) is 5.18. The SMILES string of the molecule is COC1CCN(C(=O)CCCCl)C1. The van der Waals surface area contributed by atoms with Gasteiger partial charge in [0.2, 0.25) is 5.91 Å². The number of rotatable bonds is 4. The van der Waals surface area contributed by atoms with Crippen LogP contribution in [0, 0.1) is 0 Å². The molecule has 0 N–H and O–H groups in total. The molecule has 1 rings (SSSR count). The number of ether oxygens (including phenoxy) is 1. The zero-order valence-corrected chi connectivity index (χ0v) is 8.72. The molecule has 1 saturated heterocycles. The van der Waals surface area contributed by atoms with Gasteiger partial charge < -0.3 is 9.64 Å². The molecule has 1 aliphatic rings. The molecule has 3 nitrogen and oxygen atoms in total. The summed E-state index contributed by atoms with van der Waals surface area (Å²) in [5.41, 5.74) is 0. The summed E-state index contributed by atoms with van der Waals surface area (Å²) < 4.78 is 5.18. The van der Waals surface area contributed by atoms with E-state index in [1.165, 1.54) is 0 Å². The predicted molar refractivity (Wildman–Crippen MR) is 51.9 cm³/mol. The van der Waals surface area contributed by atoms with Crippen LogP contribution in [0.3, 0.4) is 0 Å². The summed E-state index contributed by atoms with van der Waals surface area (Å²) in [7, 11) is 1.69. The second kappa shape index (κ2) is 5.45. The van der Waals surface area contributed by atoms with Crippen LogP contribution in [0.2, 0.25) is 0 Å². The van der Waals surface area contributed by atoms with Gasteiger partial charge in [0.05, 0.1) is 6.10 Å². The van der Waals surface area contributed by atoms with Gasteiger partial charge in [-0.15, -0.1) is 11.6 Å². The van der Waals surface area contributed by atoms with E-state index < -0.39 is 0 Å². The first kappa shape index (κ1) is 10.8. The monoisotopic (exact) mass is 205 g/mol. The fourth-order valence-electron chi connectivity index (χ4n) is 1.52. The standard InChI is InChI=1S/C9H16ClNO2/c1-13-8-4-6-11(7-8)9(12)3-2-5-10/h8H,2-7H2,1H3. The largest absolute Gasteiger partial charge is 0.380 e. The van der Waals surface area contributed by atoms with Gasteiger partial charge in [-0.1, -0.05) is 0 Å². The molecule has 0 aliphatic carbocycles. The number of alkyl halides is 1. The second-order valence-corrected chi connectivity index (χ2v) is 3.66. The van der Waals surface area contributed by atoms with E-state index in [9.17, 15) is 4.79 Å². The van der Waals surface area contributed by atoms with E-state index in [1.54, 1.807) is 7.11 Å². The molecule has 13 heavy (non-hydrogen) atoms. The molecule has 0 radical (unpaired) electrons. The predicted octanol–water partition coefficient (Wildman–Crippen LogP) is 1.25. The Bertz CT molecular complexity index is 175. The molecule has 0 bridgehead atoms. The summed E-state index contributed by atoms with van der Waals surface area (Å²) >= 11 is 5.51. The van der Waals surface area contributed by atoms with Gasteiger partial charge in [-0.3, -0.25) is 4.79 Å². The van der Waals surface area contributed by atoms with Crippen LogP contribution < -0.4 is 0 Å². The summed E-state index contributed by atoms with van der Waals surface area (Å²) in [6.45, 7) is 1.58. The van der Waals surface area contributed by atoms with E-state index in [0.29, 0.717) is 12.3 Å². The zero-order valence-electron chi connectivity index (χ0n) is 7.96. The minimum atomic E-state index is 0.209. The molecule has 1 atom stereocenters. The molecule has 0 spiro atoms. The van der Waals surface area contributed by atoms with Gasteiger partial charge in [0.1, 0.15) is 0 Å². The number of likely N-dealkylation sites (tertiary alicyclic amines) is 1. The minimum absolute atomic E-state index is 0.209. The van der Waals surface area contributed by atoms with Crippen LogP contribution in [0.4, 0.5) is 0 Å². The summed E-state index contributed by atoms with van der Waals surface area (Å²) in [4.78, 5) is 13.3. The summed E-state index contributed by atoms with van der Waals surface area (Å²) in [5, 5.41) is 0. The van der Waals surface area contributed by atoms with Crippen LogP contribution in [0.5, 0.6) is 0 Å². The maximum Gasteiger partial charge on any atom is 0.222 e. The maximum absolute atomic E-state index is 11.5. The highest BCUT2D eigenvalue weighted by Gasteiger charge is 2.25. The smallest absolute Gasteiger partial charge is 0.222 e. The zero-order chi connectivity index (χ0) is 9.68. The molecular weight excluding hydrogens is 190 g/mol. The number of hydrogen-bond donors (Lipinski definition) is 0. The van der Waals surface area contributed by atoms with Gasteiger partial charge in [-0.05, 0) is 12.8 Å². The lowest BCUT2D eigenvalue weighted by atomic mass is 10.3. The van der Waals surface area contributed by atoms with Crippen molar-refractivity contribution in [3.05, 3.63) is 0 Å². The molecule has 0 aromatic heterocycles. The van der Waals surface area contributed by atoms with Crippen LogP contribution >= 0.6 is 11.6 Å². The van der Waals surface area contributed by atoms with Crippen molar-refractivity contribution in [3.8, 4) is 0 Å². The van der Waals surface area contributed by atoms with Crippen molar-refractivity contribution in [3.63, 3.8) is 0 Å². The highest BCUT2D eigenvalue weighted by atomic mass is 35.5. The Labute approximate surface area is 84.0 Å². The number of carbonyl (C=O) groups is 1. The lowest BCUT2D eigenvalue weighted by molar-refractivity contribution is -0.130. The first-order valence-electron chi connectivity index (χ1n) is 4.64. The molecule has 0 aromatic carbocycles. The van der Waals surface area contributed by atoms with Crippen molar-refractivity contribution < 1.29 is 9.53 Å². The molecule has 1 heterocycles. The van der Waals surface area contributed by atoms with Crippen molar-refractivity contribution in [1.29, 1.82) is 0 Å². The highest BCUT2D eigenvalue weighted by Crippen LogP contribution is 2.13. The number of nitrogens with zero attached hydrogens (tertiary/aromatic N) is 1. The molecule has 1 aliphatic heterocycles. The number of hydrogen-bond acceptors (Lipinski definition) is 2. The fraction of sp³-hybridized carbons (Fsp3) is 0.889. The Morgan fingerprint density at radius 2 is 2.46 bits per heavy atom. The van der Waals surface area contributed by atoms with E-state index in [4.69, 9.17) is 16.3 Å². The van der Waals surface area contributed by atoms with E-state index in [-0.39, 0.29) is 12.0 Å². The van der Waals surface area contributed by atoms with E-state index >= 15 is 0 Å². The second-order valence-electron chi connectivity index (χ2n) is 3.28. The maximum atomic E-state index is 11.5. The van der Waals surface area contributed by atoms with Crippen molar-refractivity contribution in [2.75, 3.05) is 26.1 Å². The average molecular weight is 206 g/mol. The van der Waals surface area contributed by atoms with Crippen LogP contribution in [0.25, 0.3) is 0 Å². The first-order chi connectivity index (χ1) is 6.27. The lowest BCUT2D eigenvalue weighted by Gasteiger charge is -2.15. The van der Waals surface area contributed by atoms with Crippen molar-refractivity contribution in [2.24, 2.45) is 0 Å². The quantitative estimate of drug-likeness (QED) is 0.647. The summed E-state index contributed by atoms with van der Waals surface area (Å²) in [5.74, 6) is 0.771. The third-order valence-corrected chi connectivity index (χ3v) is 2.62. The van der Waals surface area contributed by atoms with Crippen molar-refractivity contribution in [1.82, 2.24) is 4.90 Å². The van der Waals surface area contributed by atoms with E-state index in [1.807, 2.05) is 4.90 Å². The Balaban J connectivity index is 2.25. The third kappa shape index (κ3) is 3.16.